The van der Waals surface area contributed by atoms with Crippen LogP contribution in [-0.4, -0.2) is 37.5 Å². The highest BCUT2D eigenvalue weighted by atomic mass is 16.6. The lowest BCUT2D eigenvalue weighted by atomic mass is 9.64. The Kier molecular flexibility index (Phi) is 3.76. The molecule has 0 amide bonds. The van der Waals surface area contributed by atoms with Crippen LogP contribution in [0.2, 0.25) is 0 Å². The van der Waals surface area contributed by atoms with Gasteiger partial charge in [-0.3, -0.25) is 4.79 Å². The van der Waals surface area contributed by atoms with E-state index in [0.29, 0.717) is 37.6 Å². The van der Waals surface area contributed by atoms with Gasteiger partial charge in [-0.25, -0.2) is 0 Å². The lowest BCUT2D eigenvalue weighted by molar-refractivity contribution is -0.147. The van der Waals surface area contributed by atoms with Gasteiger partial charge < -0.3 is 19.3 Å². The van der Waals surface area contributed by atoms with Crippen molar-refractivity contribution in [2.75, 3.05) is 20.3 Å². The van der Waals surface area contributed by atoms with Crippen LogP contribution in [0, 0.1) is 0 Å². The predicted molar refractivity (Wildman–Crippen MR) is 76.0 cm³/mol. The molecule has 0 aromatic heterocycles. The summed E-state index contributed by atoms with van der Waals surface area (Å²) < 4.78 is 16.6. The van der Waals surface area contributed by atoms with Crippen LogP contribution in [0.25, 0.3) is 0 Å². The Labute approximate surface area is 123 Å². The minimum Gasteiger partial charge on any atom is -0.493 e. The Morgan fingerprint density at radius 2 is 2.19 bits per heavy atom. The van der Waals surface area contributed by atoms with Crippen molar-refractivity contribution in [3.63, 3.8) is 0 Å². The molecule has 21 heavy (non-hydrogen) atoms. The maximum atomic E-state index is 11.6. The van der Waals surface area contributed by atoms with Gasteiger partial charge in [-0.05, 0) is 30.5 Å². The van der Waals surface area contributed by atoms with Crippen molar-refractivity contribution in [3.8, 4) is 11.5 Å². The zero-order valence-corrected chi connectivity index (χ0v) is 12.1. The molecule has 1 N–H and O–H groups in total. The van der Waals surface area contributed by atoms with Crippen LogP contribution in [0.15, 0.2) is 18.2 Å². The molecule has 2 fully saturated rings. The molecule has 1 unspecified atom stereocenters. The Morgan fingerprint density at radius 1 is 1.38 bits per heavy atom. The second-order valence-corrected chi connectivity index (χ2v) is 5.71. The molecule has 1 aromatic carbocycles. The predicted octanol–water partition coefficient (Wildman–Crippen LogP) is 2.37. The summed E-state index contributed by atoms with van der Waals surface area (Å²) in [5.41, 5.74) is 0.0484. The van der Waals surface area contributed by atoms with Crippen LogP contribution in [0.3, 0.4) is 0 Å². The van der Waals surface area contributed by atoms with E-state index in [1.807, 2.05) is 12.1 Å². The number of carbonyl (C=O) groups is 1. The molecule has 1 aromatic rings. The second kappa shape index (κ2) is 5.56. The molecule has 1 heterocycles. The molecule has 5 heteroatoms. The van der Waals surface area contributed by atoms with E-state index in [4.69, 9.17) is 14.2 Å². The summed E-state index contributed by atoms with van der Waals surface area (Å²) in [6, 6.07) is 5.46. The van der Waals surface area contributed by atoms with Crippen molar-refractivity contribution < 1.29 is 24.1 Å². The molecule has 0 spiro atoms. The zero-order chi connectivity index (χ0) is 14.9. The molecule has 1 aliphatic heterocycles. The highest BCUT2D eigenvalue weighted by molar-refractivity contribution is 5.83. The van der Waals surface area contributed by atoms with E-state index in [9.17, 15) is 9.90 Å². The first-order valence-corrected chi connectivity index (χ1v) is 7.32. The average molecular weight is 292 g/mol. The molecule has 114 valence electrons. The summed E-state index contributed by atoms with van der Waals surface area (Å²) in [6.45, 7) is 1.27. The van der Waals surface area contributed by atoms with E-state index in [1.165, 1.54) is 0 Å². The molecule has 0 bridgehead atoms. The van der Waals surface area contributed by atoms with E-state index in [2.05, 4.69) is 0 Å². The third-order valence-electron chi connectivity index (χ3n) is 4.51. The van der Waals surface area contributed by atoms with Crippen molar-refractivity contribution in [2.45, 2.75) is 37.2 Å². The van der Waals surface area contributed by atoms with Gasteiger partial charge in [-0.2, -0.15) is 0 Å². The van der Waals surface area contributed by atoms with Gasteiger partial charge in [0.15, 0.2) is 11.5 Å². The third-order valence-corrected chi connectivity index (χ3v) is 4.51. The van der Waals surface area contributed by atoms with E-state index in [0.717, 1.165) is 18.4 Å². The molecule has 3 rings (SSSR count). The van der Waals surface area contributed by atoms with Gasteiger partial charge in [-0.15, -0.1) is 0 Å². The number of rotatable bonds is 5. The average Bonchev–Trinajstić information content (AvgIpc) is 2.90. The fraction of sp³-hybridized carbons (Fsp3) is 0.562. The number of methoxy groups -OCH3 is 1. The topological polar surface area (TPSA) is 65.0 Å². The fourth-order valence-electron chi connectivity index (χ4n) is 3.01. The maximum Gasteiger partial charge on any atom is 0.314 e. The molecule has 0 radical (unpaired) electrons. The first-order chi connectivity index (χ1) is 10.2. The molecule has 2 aliphatic rings. The van der Waals surface area contributed by atoms with Crippen molar-refractivity contribution in [1.82, 2.24) is 0 Å². The SMILES string of the molecule is COc1ccc(C2(C(=O)O)CCC2)cc1OC1CCOC1. The molecular weight excluding hydrogens is 272 g/mol. The number of carboxylic acids is 1. The van der Waals surface area contributed by atoms with Gasteiger partial charge in [0.05, 0.1) is 25.7 Å². The lowest BCUT2D eigenvalue weighted by Crippen LogP contribution is -2.42. The second-order valence-electron chi connectivity index (χ2n) is 5.71. The lowest BCUT2D eigenvalue weighted by Gasteiger charge is -2.38. The minimum atomic E-state index is -0.755. The van der Waals surface area contributed by atoms with E-state index >= 15 is 0 Å². The van der Waals surface area contributed by atoms with Gasteiger partial charge in [-0.1, -0.05) is 12.5 Å². The van der Waals surface area contributed by atoms with Gasteiger partial charge in [0, 0.05) is 6.42 Å². The van der Waals surface area contributed by atoms with Crippen LogP contribution in [0.5, 0.6) is 11.5 Å². The molecular formula is C16H20O5. The maximum absolute atomic E-state index is 11.6. The zero-order valence-electron chi connectivity index (χ0n) is 12.1. The number of benzene rings is 1. The Hall–Kier alpha value is -1.75. The van der Waals surface area contributed by atoms with Gasteiger partial charge in [0.2, 0.25) is 0 Å². The smallest absolute Gasteiger partial charge is 0.314 e. The molecule has 1 saturated carbocycles. The monoisotopic (exact) mass is 292 g/mol. The first-order valence-electron chi connectivity index (χ1n) is 7.32. The van der Waals surface area contributed by atoms with Gasteiger partial charge >= 0.3 is 5.97 Å². The third kappa shape index (κ3) is 2.46. The van der Waals surface area contributed by atoms with E-state index in [1.54, 1.807) is 13.2 Å². The largest absolute Gasteiger partial charge is 0.493 e. The highest BCUT2D eigenvalue weighted by Gasteiger charge is 2.46. The molecule has 5 nitrogen and oxygen atoms in total. The fourth-order valence-corrected chi connectivity index (χ4v) is 3.01. The summed E-state index contributed by atoms with van der Waals surface area (Å²) in [7, 11) is 1.59. The normalized spacial score (nSPS) is 23.4. The van der Waals surface area contributed by atoms with Crippen LogP contribution in [0.4, 0.5) is 0 Å². The summed E-state index contributed by atoms with van der Waals surface area (Å²) in [4.78, 5) is 11.6. The van der Waals surface area contributed by atoms with Gasteiger partial charge in [0.1, 0.15) is 6.10 Å². The van der Waals surface area contributed by atoms with Crippen molar-refractivity contribution in [1.29, 1.82) is 0 Å². The summed E-state index contributed by atoms with van der Waals surface area (Å²) in [5, 5.41) is 9.55. The Bertz CT molecular complexity index is 529. The number of carboxylic acid groups (broad SMARTS) is 1. The van der Waals surface area contributed by atoms with Crippen LogP contribution in [-0.2, 0) is 14.9 Å². The molecule has 1 saturated heterocycles. The minimum absolute atomic E-state index is 0.0105. The molecule has 1 atom stereocenters. The van der Waals surface area contributed by atoms with Crippen LogP contribution < -0.4 is 9.47 Å². The quantitative estimate of drug-likeness (QED) is 0.902. The highest BCUT2D eigenvalue weighted by Crippen LogP contribution is 2.46. The summed E-state index contributed by atoms with van der Waals surface area (Å²) in [6.07, 6.45) is 3.17. The van der Waals surface area contributed by atoms with E-state index in [-0.39, 0.29) is 6.10 Å². The van der Waals surface area contributed by atoms with Crippen molar-refractivity contribution in [2.24, 2.45) is 0 Å². The Morgan fingerprint density at radius 3 is 2.71 bits per heavy atom. The van der Waals surface area contributed by atoms with Crippen LogP contribution in [0.1, 0.15) is 31.2 Å². The number of ether oxygens (including phenoxy) is 3. The van der Waals surface area contributed by atoms with Crippen molar-refractivity contribution >= 4 is 5.97 Å². The standard InChI is InChI=1S/C16H20O5/c1-19-13-4-3-11(16(15(17)18)6-2-7-16)9-14(13)21-12-5-8-20-10-12/h3-4,9,12H,2,5-8,10H2,1H3,(H,17,18). The molecule has 1 aliphatic carbocycles. The summed E-state index contributed by atoms with van der Waals surface area (Å²) >= 11 is 0. The van der Waals surface area contributed by atoms with E-state index < -0.39 is 11.4 Å². The number of hydrogen-bond donors (Lipinski definition) is 1. The van der Waals surface area contributed by atoms with Crippen molar-refractivity contribution in [3.05, 3.63) is 23.8 Å². The first kappa shape index (κ1) is 14.2. The van der Waals surface area contributed by atoms with Gasteiger partial charge in [0.25, 0.3) is 0 Å². The number of hydrogen-bond acceptors (Lipinski definition) is 4. The van der Waals surface area contributed by atoms with Crippen LogP contribution >= 0.6 is 0 Å². The Balaban J connectivity index is 1.90. The number of aliphatic carboxylic acids is 1. The summed E-state index contributed by atoms with van der Waals surface area (Å²) in [5.74, 6) is 0.484.